The Morgan fingerprint density at radius 2 is 2.36 bits per heavy atom. The van der Waals surface area contributed by atoms with Gasteiger partial charge in [0.15, 0.2) is 0 Å². The molecule has 1 atom stereocenters. The number of rotatable bonds is 4. The highest BCUT2D eigenvalue weighted by Crippen LogP contribution is 2.10. The van der Waals surface area contributed by atoms with E-state index in [2.05, 4.69) is 5.10 Å². The molecule has 1 heterocycles. The number of anilines is 1. The lowest BCUT2D eigenvalue weighted by Crippen LogP contribution is -2.21. The number of carbonyl (C=O) groups is 1. The minimum absolute atomic E-state index is 0.0321. The zero-order valence-electron chi connectivity index (χ0n) is 7.29. The summed E-state index contributed by atoms with van der Waals surface area (Å²) >= 11 is 0. The number of aromatic carboxylic acids is 1. The molecule has 1 unspecified atom stereocenters. The molecule has 0 bridgehead atoms. The number of aliphatic hydroxyl groups excluding tert-OH is 2. The second-order valence-electron chi connectivity index (χ2n) is 2.77. The molecular weight excluding hydrogens is 190 g/mol. The van der Waals surface area contributed by atoms with Crippen LogP contribution in [0.15, 0.2) is 6.20 Å². The van der Waals surface area contributed by atoms with Gasteiger partial charge in [0.2, 0.25) is 0 Å². The maximum atomic E-state index is 10.5. The van der Waals surface area contributed by atoms with Crippen molar-refractivity contribution in [1.29, 1.82) is 0 Å². The monoisotopic (exact) mass is 201 g/mol. The Hall–Kier alpha value is -1.60. The fraction of sp³-hybridized carbons (Fsp3) is 0.429. The number of carboxylic acid groups (broad SMARTS) is 1. The van der Waals surface area contributed by atoms with Crippen LogP contribution in [0.4, 0.5) is 5.82 Å². The van der Waals surface area contributed by atoms with Gasteiger partial charge in [0.25, 0.3) is 0 Å². The molecule has 0 aliphatic heterocycles. The van der Waals surface area contributed by atoms with Crippen LogP contribution < -0.4 is 5.73 Å². The van der Waals surface area contributed by atoms with Crippen LogP contribution >= 0.6 is 0 Å². The molecule has 0 amide bonds. The van der Waals surface area contributed by atoms with E-state index in [0.717, 1.165) is 10.9 Å². The first-order chi connectivity index (χ1) is 6.56. The standard InChI is InChI=1S/C7H11N3O4/c8-6-5(7(13)14)1-9-10(6)2-4(12)3-11/h1,4,11-12H,2-3,8H2,(H,13,14). The summed E-state index contributed by atoms with van der Waals surface area (Å²) in [6, 6.07) is 0. The average Bonchev–Trinajstić information content (AvgIpc) is 2.48. The number of hydrogen-bond donors (Lipinski definition) is 4. The van der Waals surface area contributed by atoms with E-state index in [1.807, 2.05) is 0 Å². The highest BCUT2D eigenvalue weighted by atomic mass is 16.4. The fourth-order valence-corrected chi connectivity index (χ4v) is 0.962. The van der Waals surface area contributed by atoms with Crippen LogP contribution in [0.1, 0.15) is 10.4 Å². The minimum Gasteiger partial charge on any atom is -0.477 e. The molecule has 0 spiro atoms. The molecule has 0 saturated carbocycles. The molecular formula is C7H11N3O4. The van der Waals surface area contributed by atoms with Crippen molar-refractivity contribution < 1.29 is 20.1 Å². The Labute approximate surface area is 79.4 Å². The first-order valence-electron chi connectivity index (χ1n) is 3.89. The van der Waals surface area contributed by atoms with E-state index in [4.69, 9.17) is 21.1 Å². The van der Waals surface area contributed by atoms with Gasteiger partial charge in [-0.1, -0.05) is 0 Å². The van der Waals surface area contributed by atoms with Crippen molar-refractivity contribution in [3.63, 3.8) is 0 Å². The summed E-state index contributed by atoms with van der Waals surface area (Å²) in [5.74, 6) is -1.21. The highest BCUT2D eigenvalue weighted by Gasteiger charge is 2.15. The normalized spacial score (nSPS) is 12.7. The zero-order chi connectivity index (χ0) is 10.7. The lowest BCUT2D eigenvalue weighted by molar-refractivity contribution is 0.0696. The predicted octanol–water partition coefficient (Wildman–Crippen LogP) is -1.48. The van der Waals surface area contributed by atoms with Gasteiger partial charge in [0.05, 0.1) is 25.5 Å². The van der Waals surface area contributed by atoms with Crippen LogP contribution in [0.3, 0.4) is 0 Å². The molecule has 0 saturated heterocycles. The Kier molecular flexibility index (Phi) is 3.05. The highest BCUT2D eigenvalue weighted by molar-refractivity contribution is 5.92. The topological polar surface area (TPSA) is 122 Å². The first kappa shape index (κ1) is 10.5. The maximum absolute atomic E-state index is 10.5. The third-order valence-electron chi connectivity index (χ3n) is 1.71. The van der Waals surface area contributed by atoms with Gasteiger partial charge in [-0.05, 0) is 0 Å². The van der Waals surface area contributed by atoms with Crippen molar-refractivity contribution in [2.45, 2.75) is 12.6 Å². The van der Waals surface area contributed by atoms with Crippen molar-refractivity contribution in [3.05, 3.63) is 11.8 Å². The van der Waals surface area contributed by atoms with Gasteiger partial charge in [-0.25, -0.2) is 9.48 Å². The molecule has 0 aliphatic carbocycles. The number of carboxylic acids is 1. The molecule has 0 aromatic carbocycles. The number of nitrogens with two attached hydrogens (primary N) is 1. The molecule has 0 aliphatic rings. The van der Waals surface area contributed by atoms with Crippen molar-refractivity contribution >= 4 is 11.8 Å². The Morgan fingerprint density at radius 1 is 1.71 bits per heavy atom. The first-order valence-corrected chi connectivity index (χ1v) is 3.89. The zero-order valence-corrected chi connectivity index (χ0v) is 7.29. The molecule has 1 rings (SSSR count). The number of aromatic nitrogens is 2. The molecule has 7 heteroatoms. The van der Waals surface area contributed by atoms with Crippen LogP contribution in [-0.4, -0.2) is 43.8 Å². The number of aliphatic hydroxyl groups is 2. The van der Waals surface area contributed by atoms with Gasteiger partial charge < -0.3 is 21.1 Å². The lowest BCUT2D eigenvalue weighted by Gasteiger charge is -2.08. The van der Waals surface area contributed by atoms with Gasteiger partial charge in [0.1, 0.15) is 11.4 Å². The minimum atomic E-state index is -1.17. The molecule has 0 radical (unpaired) electrons. The quantitative estimate of drug-likeness (QED) is 0.471. The summed E-state index contributed by atoms with van der Waals surface area (Å²) in [5, 5.41) is 29.9. The van der Waals surface area contributed by atoms with Crippen LogP contribution in [0.5, 0.6) is 0 Å². The van der Waals surface area contributed by atoms with Gasteiger partial charge in [-0.3, -0.25) is 0 Å². The van der Waals surface area contributed by atoms with Gasteiger partial charge in [0, 0.05) is 0 Å². The van der Waals surface area contributed by atoms with E-state index < -0.39 is 18.7 Å². The Bertz CT molecular complexity index is 336. The second-order valence-corrected chi connectivity index (χ2v) is 2.77. The summed E-state index contributed by atoms with van der Waals surface area (Å²) in [4.78, 5) is 10.5. The number of nitrogen functional groups attached to an aromatic ring is 1. The molecule has 1 aromatic rings. The van der Waals surface area contributed by atoms with Crippen LogP contribution in [-0.2, 0) is 6.54 Å². The van der Waals surface area contributed by atoms with E-state index in [0.29, 0.717) is 0 Å². The largest absolute Gasteiger partial charge is 0.477 e. The van der Waals surface area contributed by atoms with Crippen LogP contribution in [0.2, 0.25) is 0 Å². The van der Waals surface area contributed by atoms with E-state index in [1.54, 1.807) is 0 Å². The van der Waals surface area contributed by atoms with Crippen molar-refractivity contribution in [3.8, 4) is 0 Å². The molecule has 0 fully saturated rings. The van der Waals surface area contributed by atoms with Crippen LogP contribution in [0.25, 0.3) is 0 Å². The summed E-state index contributed by atoms with van der Waals surface area (Å²) < 4.78 is 1.13. The lowest BCUT2D eigenvalue weighted by atomic mass is 10.3. The maximum Gasteiger partial charge on any atom is 0.341 e. The average molecular weight is 201 g/mol. The Morgan fingerprint density at radius 3 is 2.79 bits per heavy atom. The van der Waals surface area contributed by atoms with Gasteiger partial charge in [-0.2, -0.15) is 5.10 Å². The summed E-state index contributed by atoms with van der Waals surface area (Å²) in [7, 11) is 0. The van der Waals surface area contributed by atoms with Crippen LogP contribution in [0, 0.1) is 0 Å². The van der Waals surface area contributed by atoms with Gasteiger partial charge >= 0.3 is 5.97 Å². The SMILES string of the molecule is Nc1c(C(=O)O)cnn1CC(O)CO. The second kappa shape index (κ2) is 4.07. The summed E-state index contributed by atoms with van der Waals surface area (Å²) in [5.41, 5.74) is 5.32. The molecule has 14 heavy (non-hydrogen) atoms. The van der Waals surface area contributed by atoms with Crippen molar-refractivity contribution in [1.82, 2.24) is 9.78 Å². The van der Waals surface area contributed by atoms with Gasteiger partial charge in [-0.15, -0.1) is 0 Å². The Balaban J connectivity index is 2.84. The predicted molar refractivity (Wildman–Crippen MR) is 46.7 cm³/mol. The molecule has 1 aromatic heterocycles. The fourth-order valence-electron chi connectivity index (χ4n) is 0.962. The third kappa shape index (κ3) is 2.01. The summed E-state index contributed by atoms with van der Waals surface area (Å²) in [6.45, 7) is -0.461. The van der Waals surface area contributed by atoms with Crippen molar-refractivity contribution in [2.24, 2.45) is 0 Å². The van der Waals surface area contributed by atoms with E-state index in [-0.39, 0.29) is 17.9 Å². The van der Waals surface area contributed by atoms with E-state index >= 15 is 0 Å². The molecule has 5 N–H and O–H groups in total. The number of hydrogen-bond acceptors (Lipinski definition) is 5. The van der Waals surface area contributed by atoms with E-state index in [9.17, 15) is 4.79 Å². The van der Waals surface area contributed by atoms with E-state index in [1.165, 1.54) is 0 Å². The number of nitrogens with zero attached hydrogens (tertiary/aromatic N) is 2. The molecule has 78 valence electrons. The third-order valence-corrected chi connectivity index (χ3v) is 1.71. The smallest absolute Gasteiger partial charge is 0.341 e. The summed E-state index contributed by atoms with van der Waals surface area (Å²) in [6.07, 6.45) is 0.0979. The van der Waals surface area contributed by atoms with Crippen molar-refractivity contribution in [2.75, 3.05) is 12.3 Å². The molecule has 7 nitrogen and oxygen atoms in total.